The van der Waals surface area contributed by atoms with Gasteiger partial charge in [-0.2, -0.15) is 23.1 Å². The Kier molecular flexibility index (Phi) is 7.48. The molecule has 4 aliphatic rings. The molecule has 16 heteroatoms. The highest BCUT2D eigenvalue weighted by molar-refractivity contribution is 6.34. The number of nitrogens with two attached hydrogens (primary N) is 1. The molecule has 0 saturated carbocycles. The third-order valence-corrected chi connectivity index (χ3v) is 10.2. The average Bonchev–Trinajstić information content (AvgIpc) is 3.60. The van der Waals surface area contributed by atoms with Crippen molar-refractivity contribution in [1.29, 1.82) is 0 Å². The zero-order chi connectivity index (χ0) is 32.8. The van der Waals surface area contributed by atoms with E-state index in [0.29, 0.717) is 19.4 Å². The summed E-state index contributed by atoms with van der Waals surface area (Å²) in [5, 5.41) is 2.59. The van der Waals surface area contributed by atoms with Crippen molar-refractivity contribution in [2.75, 3.05) is 43.4 Å². The van der Waals surface area contributed by atoms with Crippen LogP contribution in [0.25, 0.3) is 22.2 Å². The van der Waals surface area contributed by atoms with E-state index >= 15 is 4.39 Å². The van der Waals surface area contributed by atoms with E-state index < -0.39 is 63.0 Å². The number of aryl methyl sites for hydroxylation is 1. The Bertz CT molecular complexity index is 1710. The molecule has 0 radical (unpaired) electrons. The van der Waals surface area contributed by atoms with Crippen molar-refractivity contribution in [3.63, 3.8) is 0 Å². The van der Waals surface area contributed by atoms with Crippen molar-refractivity contribution in [3.8, 4) is 17.3 Å². The smallest absolute Gasteiger partial charge is 0.418 e. The molecule has 4 unspecified atom stereocenters. The summed E-state index contributed by atoms with van der Waals surface area (Å²) < 4.78 is 109. The number of piperazine rings is 1. The number of ether oxygens (including phenoxy) is 1. The Morgan fingerprint density at radius 3 is 2.70 bits per heavy atom. The fourth-order valence-corrected chi connectivity index (χ4v) is 8.17. The van der Waals surface area contributed by atoms with Crippen LogP contribution < -0.4 is 20.7 Å². The maximum Gasteiger partial charge on any atom is 0.418 e. The third-order valence-electron chi connectivity index (χ3n) is 9.89. The molecule has 0 spiro atoms. The van der Waals surface area contributed by atoms with E-state index in [1.807, 2.05) is 4.90 Å². The Morgan fingerprint density at radius 2 is 1.96 bits per heavy atom. The van der Waals surface area contributed by atoms with Crippen LogP contribution in [-0.4, -0.2) is 82.4 Å². The summed E-state index contributed by atoms with van der Waals surface area (Å²) in [6.45, 7) is 2.18. The SMILES string of the molecule is Cc1cc(N)nc(-c2c(Cl)cc3c(N4CC5CCC(C(F)F)(C4)N5)nc(OCC45CCCN4CC(F)C5)nc3c2F)c1C(F)(F)F. The number of rotatable bonds is 6. The van der Waals surface area contributed by atoms with Crippen LogP contribution in [0.3, 0.4) is 0 Å². The molecule has 6 heterocycles. The molecule has 0 aliphatic carbocycles. The predicted molar refractivity (Wildman–Crippen MR) is 158 cm³/mol. The average molecular weight is 674 g/mol. The number of anilines is 2. The van der Waals surface area contributed by atoms with Gasteiger partial charge in [0, 0.05) is 37.5 Å². The molecule has 248 valence electrons. The number of benzene rings is 1. The molecule has 2 bridgehead atoms. The minimum Gasteiger partial charge on any atom is -0.461 e. The highest BCUT2D eigenvalue weighted by Crippen LogP contribution is 2.46. The largest absolute Gasteiger partial charge is 0.461 e. The first-order valence-electron chi connectivity index (χ1n) is 15.1. The number of nitrogens with one attached hydrogen (secondary N) is 1. The number of fused-ring (bicyclic) bond motifs is 4. The Morgan fingerprint density at radius 1 is 1.17 bits per heavy atom. The van der Waals surface area contributed by atoms with Crippen LogP contribution in [0.2, 0.25) is 5.02 Å². The van der Waals surface area contributed by atoms with Crippen LogP contribution in [0.4, 0.5) is 42.4 Å². The second kappa shape index (κ2) is 10.9. The first-order valence-corrected chi connectivity index (χ1v) is 15.4. The number of alkyl halides is 6. The van der Waals surface area contributed by atoms with Crippen molar-refractivity contribution in [2.45, 2.75) is 74.9 Å². The second-order valence-electron chi connectivity index (χ2n) is 12.9. The number of aromatic nitrogens is 3. The van der Waals surface area contributed by atoms with Gasteiger partial charge in [0.25, 0.3) is 6.43 Å². The highest BCUT2D eigenvalue weighted by Gasteiger charge is 2.52. The van der Waals surface area contributed by atoms with E-state index in [-0.39, 0.29) is 73.7 Å². The molecular weight excluding hydrogens is 643 g/mol. The van der Waals surface area contributed by atoms with Crippen molar-refractivity contribution in [3.05, 3.63) is 34.1 Å². The van der Waals surface area contributed by atoms with Gasteiger partial charge in [0.1, 0.15) is 29.9 Å². The molecule has 3 N–H and O–H groups in total. The number of halogens is 8. The Labute approximate surface area is 264 Å². The standard InChI is InChI=1S/C30H31ClF7N7O/c1-14-7-19(39)40-24(21(14)30(36,37)38)20-18(31)8-17-23(22(20)33)41-27(46-13-28-4-2-6-45(28)10-15(32)9-28)42-25(17)44-11-16-3-5-29(12-44,43-16)26(34)35/h7-8,15-16,26,43H,2-6,9-13H2,1H3,(H2,39,40). The van der Waals surface area contributed by atoms with Crippen molar-refractivity contribution in [1.82, 2.24) is 25.2 Å². The minimum atomic E-state index is -4.93. The molecule has 4 atom stereocenters. The summed E-state index contributed by atoms with van der Waals surface area (Å²) in [6, 6.07) is 1.62. The maximum atomic E-state index is 16.7. The van der Waals surface area contributed by atoms with Crippen molar-refractivity contribution in [2.24, 2.45) is 0 Å². The van der Waals surface area contributed by atoms with Gasteiger partial charge in [0.2, 0.25) is 0 Å². The summed E-state index contributed by atoms with van der Waals surface area (Å²) in [5.74, 6) is -1.46. The van der Waals surface area contributed by atoms with E-state index in [4.69, 9.17) is 22.1 Å². The summed E-state index contributed by atoms with van der Waals surface area (Å²) in [7, 11) is 0. The summed E-state index contributed by atoms with van der Waals surface area (Å²) in [6.07, 6.45) is -6.25. The van der Waals surface area contributed by atoms with Crippen LogP contribution >= 0.6 is 11.6 Å². The topological polar surface area (TPSA) is 92.4 Å². The summed E-state index contributed by atoms with van der Waals surface area (Å²) in [4.78, 5) is 16.2. The van der Waals surface area contributed by atoms with Crippen LogP contribution in [0.15, 0.2) is 12.1 Å². The van der Waals surface area contributed by atoms with Crippen LogP contribution in [-0.2, 0) is 6.18 Å². The van der Waals surface area contributed by atoms with Gasteiger partial charge in [0.05, 0.1) is 32.9 Å². The lowest BCUT2D eigenvalue weighted by Crippen LogP contribution is -2.63. The molecule has 7 rings (SSSR count). The lowest BCUT2D eigenvalue weighted by molar-refractivity contribution is -0.137. The molecule has 8 nitrogen and oxygen atoms in total. The second-order valence-corrected chi connectivity index (χ2v) is 13.3. The van der Waals surface area contributed by atoms with Crippen LogP contribution in [0.1, 0.15) is 43.2 Å². The van der Waals surface area contributed by atoms with Gasteiger partial charge in [-0.1, -0.05) is 11.6 Å². The molecule has 4 aliphatic heterocycles. The summed E-state index contributed by atoms with van der Waals surface area (Å²) >= 11 is 6.52. The van der Waals surface area contributed by atoms with Gasteiger partial charge >= 0.3 is 12.2 Å². The molecule has 4 saturated heterocycles. The molecule has 3 aromatic rings. The number of nitrogen functional groups attached to an aromatic ring is 1. The van der Waals surface area contributed by atoms with Gasteiger partial charge in [-0.25, -0.2) is 22.5 Å². The van der Waals surface area contributed by atoms with Gasteiger partial charge in [0.15, 0.2) is 5.82 Å². The van der Waals surface area contributed by atoms with E-state index in [1.165, 1.54) is 13.0 Å². The zero-order valence-electron chi connectivity index (χ0n) is 24.7. The van der Waals surface area contributed by atoms with Crippen molar-refractivity contribution < 1.29 is 35.5 Å². The van der Waals surface area contributed by atoms with E-state index in [9.17, 15) is 26.3 Å². The van der Waals surface area contributed by atoms with E-state index in [0.717, 1.165) is 12.5 Å². The first-order chi connectivity index (χ1) is 21.7. The number of pyridine rings is 1. The molecule has 1 aromatic carbocycles. The van der Waals surface area contributed by atoms with Gasteiger partial charge < -0.3 is 20.7 Å². The Balaban J connectivity index is 1.39. The zero-order valence-corrected chi connectivity index (χ0v) is 25.5. The lowest BCUT2D eigenvalue weighted by atomic mass is 9.95. The quantitative estimate of drug-likeness (QED) is 0.312. The predicted octanol–water partition coefficient (Wildman–Crippen LogP) is 5.92. The highest BCUT2D eigenvalue weighted by atomic mass is 35.5. The maximum absolute atomic E-state index is 16.7. The van der Waals surface area contributed by atoms with Gasteiger partial charge in [-0.15, -0.1) is 0 Å². The number of nitrogens with zero attached hydrogens (tertiary/aromatic N) is 5. The van der Waals surface area contributed by atoms with Crippen LogP contribution in [0, 0.1) is 12.7 Å². The molecule has 46 heavy (non-hydrogen) atoms. The number of hydrogen-bond acceptors (Lipinski definition) is 8. The minimum absolute atomic E-state index is 0.00356. The number of hydrogen-bond donors (Lipinski definition) is 2. The Hall–Kier alpha value is -3.17. The molecule has 2 aromatic heterocycles. The third kappa shape index (κ3) is 5.09. The molecular formula is C30H31ClF7N7O. The molecule has 4 fully saturated rings. The fraction of sp³-hybridized carbons (Fsp3) is 0.567. The normalized spacial score (nSPS) is 28.1. The monoisotopic (exact) mass is 673 g/mol. The van der Waals surface area contributed by atoms with Gasteiger partial charge in [-0.05, 0) is 56.8 Å². The lowest BCUT2D eigenvalue weighted by Gasteiger charge is -2.41. The first kappa shape index (κ1) is 31.4. The van der Waals surface area contributed by atoms with E-state index in [2.05, 4.69) is 20.3 Å². The van der Waals surface area contributed by atoms with Crippen molar-refractivity contribution >= 4 is 34.1 Å². The van der Waals surface area contributed by atoms with E-state index in [1.54, 1.807) is 4.90 Å². The van der Waals surface area contributed by atoms with Crippen LogP contribution in [0.5, 0.6) is 6.01 Å². The molecule has 0 amide bonds. The summed E-state index contributed by atoms with van der Waals surface area (Å²) in [5.41, 5.74) is 0.242. The van der Waals surface area contributed by atoms with Gasteiger partial charge in [-0.3, -0.25) is 4.90 Å². The fourth-order valence-electron chi connectivity index (χ4n) is 7.88.